The fraction of sp³-hybridized carbons (Fsp3) is 0.143. The van der Waals surface area contributed by atoms with E-state index in [-0.39, 0.29) is 17.9 Å². The van der Waals surface area contributed by atoms with E-state index in [1.807, 2.05) is 0 Å². The number of phenolic OH excluding ortho intramolecular Hbond substituents is 2. The van der Waals surface area contributed by atoms with Gasteiger partial charge in [-0.05, 0) is 18.6 Å². The summed E-state index contributed by atoms with van der Waals surface area (Å²) in [5, 5.41) is 19.0. The van der Waals surface area contributed by atoms with Crippen LogP contribution in [0.2, 0.25) is 0 Å². The Hall–Kier alpha value is -2.56. The van der Waals surface area contributed by atoms with Crippen LogP contribution < -0.4 is 4.74 Å². The molecule has 3 rings (SSSR count). The fourth-order valence-electron chi connectivity index (χ4n) is 2.25. The maximum absolute atomic E-state index is 11.5. The molecule has 1 aliphatic carbocycles. The summed E-state index contributed by atoms with van der Waals surface area (Å²) in [7, 11) is 0. The van der Waals surface area contributed by atoms with Crippen molar-refractivity contribution in [3.05, 3.63) is 35.1 Å². The Kier molecular flexibility index (Phi) is 2.25. The number of phenols is 2. The van der Waals surface area contributed by atoms with E-state index in [1.54, 1.807) is 6.92 Å². The molecule has 19 heavy (non-hydrogen) atoms. The van der Waals surface area contributed by atoms with E-state index < -0.39 is 11.6 Å². The van der Waals surface area contributed by atoms with Crippen molar-refractivity contribution in [2.45, 2.75) is 13.3 Å². The number of hydrogen-bond acceptors (Lipinski definition) is 5. The van der Waals surface area contributed by atoms with Gasteiger partial charge in [-0.15, -0.1) is 0 Å². The second kappa shape index (κ2) is 3.71. The lowest BCUT2D eigenvalue weighted by molar-refractivity contribution is -0.133. The number of ether oxygens (including phenoxy) is 1. The number of aromatic hydroxyl groups is 2. The molecule has 2 N–H and O–H groups in total. The van der Waals surface area contributed by atoms with Gasteiger partial charge in [-0.1, -0.05) is 0 Å². The van der Waals surface area contributed by atoms with Crippen LogP contribution in [-0.2, 0) is 9.59 Å². The predicted molar refractivity (Wildman–Crippen MR) is 65.7 cm³/mol. The molecule has 0 aromatic heterocycles. The molecular formula is C14H10O5. The van der Waals surface area contributed by atoms with Crippen LogP contribution in [-0.4, -0.2) is 21.8 Å². The molecule has 5 heteroatoms. The van der Waals surface area contributed by atoms with Crippen LogP contribution in [0.5, 0.6) is 17.2 Å². The number of fused-ring (bicyclic) bond motifs is 2. The molecule has 0 bridgehead atoms. The Morgan fingerprint density at radius 1 is 1.16 bits per heavy atom. The molecule has 0 saturated heterocycles. The van der Waals surface area contributed by atoms with Crippen molar-refractivity contribution in [3.63, 3.8) is 0 Å². The maximum Gasteiger partial charge on any atom is 0.225 e. The first kappa shape index (κ1) is 11.5. The van der Waals surface area contributed by atoms with Crippen molar-refractivity contribution < 1.29 is 24.5 Å². The van der Waals surface area contributed by atoms with Crippen molar-refractivity contribution in [3.8, 4) is 17.2 Å². The van der Waals surface area contributed by atoms with Gasteiger partial charge in [-0.25, -0.2) is 0 Å². The zero-order chi connectivity index (χ0) is 13.7. The summed E-state index contributed by atoms with van der Waals surface area (Å²) in [5.74, 6) is -0.933. The van der Waals surface area contributed by atoms with E-state index in [0.717, 1.165) is 11.6 Å². The lowest BCUT2D eigenvalue weighted by Gasteiger charge is -2.26. The molecule has 1 aromatic rings. The van der Waals surface area contributed by atoms with Crippen LogP contribution in [0.25, 0.3) is 5.57 Å². The number of carbonyl (C=O) groups is 2. The van der Waals surface area contributed by atoms with E-state index in [9.17, 15) is 19.8 Å². The smallest absolute Gasteiger partial charge is 0.225 e. The average Bonchev–Trinajstić information content (AvgIpc) is 2.35. The summed E-state index contributed by atoms with van der Waals surface area (Å²) in [6.45, 7) is 1.78. The molecule has 2 aliphatic rings. The lowest BCUT2D eigenvalue weighted by Crippen LogP contribution is -2.23. The maximum atomic E-state index is 11.5. The Balaban J connectivity index is 2.23. The van der Waals surface area contributed by atoms with Crippen LogP contribution in [0.1, 0.15) is 18.9 Å². The minimum absolute atomic E-state index is 0.00240. The molecule has 1 aromatic carbocycles. The first-order chi connectivity index (χ1) is 8.97. The quantitative estimate of drug-likeness (QED) is 0.546. The Bertz CT molecular complexity index is 694. The molecule has 0 unspecified atom stereocenters. The van der Waals surface area contributed by atoms with Gasteiger partial charge in [0.2, 0.25) is 11.6 Å². The Morgan fingerprint density at radius 2 is 1.84 bits per heavy atom. The standard InChI is InChI=1S/C14H10O5/c1-6-7-2-9(15)11(17)4-13(7)19-14-5-12(18)10(16)3-8(6)14/h2,4-5,15,17H,3H2,1H3. The highest BCUT2D eigenvalue weighted by Crippen LogP contribution is 2.44. The van der Waals surface area contributed by atoms with Crippen molar-refractivity contribution in [2.24, 2.45) is 0 Å². The number of Topliss-reactive ketones (excluding diaryl/α,β-unsaturated/α-hetero) is 1. The van der Waals surface area contributed by atoms with Crippen LogP contribution in [0.15, 0.2) is 29.5 Å². The number of rotatable bonds is 0. The predicted octanol–water partition coefficient (Wildman–Crippen LogP) is 1.69. The second-order valence-corrected chi connectivity index (χ2v) is 4.52. The minimum atomic E-state index is -0.585. The summed E-state index contributed by atoms with van der Waals surface area (Å²) in [4.78, 5) is 22.8. The fourth-order valence-corrected chi connectivity index (χ4v) is 2.25. The third kappa shape index (κ3) is 1.62. The van der Waals surface area contributed by atoms with Gasteiger partial charge < -0.3 is 14.9 Å². The van der Waals surface area contributed by atoms with Crippen molar-refractivity contribution in [2.75, 3.05) is 0 Å². The first-order valence-corrected chi connectivity index (χ1v) is 5.70. The molecule has 0 fully saturated rings. The largest absolute Gasteiger partial charge is 0.504 e. The van der Waals surface area contributed by atoms with E-state index in [4.69, 9.17) is 4.74 Å². The third-order valence-corrected chi connectivity index (χ3v) is 3.33. The van der Waals surface area contributed by atoms with Gasteiger partial charge in [-0.3, -0.25) is 9.59 Å². The van der Waals surface area contributed by atoms with Gasteiger partial charge in [0, 0.05) is 29.7 Å². The van der Waals surface area contributed by atoms with Gasteiger partial charge >= 0.3 is 0 Å². The summed E-state index contributed by atoms with van der Waals surface area (Å²) in [6.07, 6.45) is 1.16. The molecule has 5 nitrogen and oxygen atoms in total. The molecule has 0 radical (unpaired) electrons. The zero-order valence-corrected chi connectivity index (χ0v) is 10.1. The number of carbonyl (C=O) groups excluding carboxylic acids is 2. The zero-order valence-electron chi connectivity index (χ0n) is 10.1. The van der Waals surface area contributed by atoms with Crippen LogP contribution in [0.3, 0.4) is 0 Å². The number of allylic oxidation sites excluding steroid dienone is 3. The summed E-state index contributed by atoms with van der Waals surface area (Å²) < 4.78 is 5.52. The monoisotopic (exact) mass is 258 g/mol. The lowest BCUT2D eigenvalue weighted by atomic mass is 9.88. The van der Waals surface area contributed by atoms with Gasteiger partial charge in [0.05, 0.1) is 0 Å². The van der Waals surface area contributed by atoms with Crippen molar-refractivity contribution in [1.29, 1.82) is 0 Å². The third-order valence-electron chi connectivity index (χ3n) is 3.33. The topological polar surface area (TPSA) is 83.8 Å². The SMILES string of the molecule is CC1=C2CC(=O)C(=O)C=C2Oc2cc(O)c(O)cc21. The number of hydrogen-bond donors (Lipinski definition) is 2. The van der Waals surface area contributed by atoms with Crippen LogP contribution in [0, 0.1) is 0 Å². The molecule has 0 saturated carbocycles. The highest BCUT2D eigenvalue weighted by Gasteiger charge is 2.31. The molecule has 0 atom stereocenters. The minimum Gasteiger partial charge on any atom is -0.504 e. The van der Waals surface area contributed by atoms with Crippen molar-refractivity contribution >= 4 is 17.1 Å². The average molecular weight is 258 g/mol. The normalized spacial score (nSPS) is 17.6. The van der Waals surface area contributed by atoms with Gasteiger partial charge in [0.1, 0.15) is 11.5 Å². The van der Waals surface area contributed by atoms with E-state index >= 15 is 0 Å². The molecule has 1 aliphatic heterocycles. The van der Waals surface area contributed by atoms with Gasteiger partial charge in [0.15, 0.2) is 11.5 Å². The molecular weight excluding hydrogens is 248 g/mol. The highest BCUT2D eigenvalue weighted by atomic mass is 16.5. The molecule has 0 amide bonds. The Labute approximate surface area is 108 Å². The second-order valence-electron chi connectivity index (χ2n) is 4.52. The van der Waals surface area contributed by atoms with Crippen LogP contribution in [0.4, 0.5) is 0 Å². The van der Waals surface area contributed by atoms with Crippen molar-refractivity contribution in [1.82, 2.24) is 0 Å². The van der Waals surface area contributed by atoms with Gasteiger partial charge in [-0.2, -0.15) is 0 Å². The van der Waals surface area contributed by atoms with Crippen LogP contribution >= 0.6 is 0 Å². The number of benzene rings is 1. The molecule has 96 valence electrons. The highest BCUT2D eigenvalue weighted by molar-refractivity contribution is 6.43. The summed E-state index contributed by atoms with van der Waals surface area (Å²) >= 11 is 0. The summed E-state index contributed by atoms with van der Waals surface area (Å²) in [6, 6.07) is 2.66. The van der Waals surface area contributed by atoms with E-state index in [0.29, 0.717) is 22.6 Å². The Morgan fingerprint density at radius 3 is 2.58 bits per heavy atom. The summed E-state index contributed by atoms with van der Waals surface area (Å²) in [5.41, 5.74) is 2.00. The molecule has 1 heterocycles. The molecule has 0 spiro atoms. The first-order valence-electron chi connectivity index (χ1n) is 5.70. The van der Waals surface area contributed by atoms with E-state index in [1.165, 1.54) is 12.1 Å². The van der Waals surface area contributed by atoms with Gasteiger partial charge in [0.25, 0.3) is 0 Å². The number of ketones is 2. The van der Waals surface area contributed by atoms with E-state index in [2.05, 4.69) is 0 Å².